The lowest BCUT2D eigenvalue weighted by atomic mass is 9.81. The second-order valence-corrected chi connectivity index (χ2v) is 15.0. The Morgan fingerprint density at radius 3 is 2.24 bits per heavy atom. The monoisotopic (exact) mass is 752 g/mol. The minimum absolute atomic E-state index is 0.170. The number of rotatable bonds is 11. The molecule has 0 radical (unpaired) electrons. The summed E-state index contributed by atoms with van der Waals surface area (Å²) in [5.74, 6) is 0.687. The van der Waals surface area contributed by atoms with E-state index in [0.29, 0.717) is 57.1 Å². The second kappa shape index (κ2) is 17.4. The zero-order valence-corrected chi connectivity index (χ0v) is 31.3. The summed E-state index contributed by atoms with van der Waals surface area (Å²) in [5.41, 5.74) is 3.50. The molecule has 5 N–H and O–H groups in total. The molecule has 2 aromatic carbocycles. The van der Waals surface area contributed by atoms with E-state index in [-0.39, 0.29) is 30.1 Å². The van der Waals surface area contributed by atoms with Crippen molar-refractivity contribution in [3.63, 3.8) is 0 Å². The van der Waals surface area contributed by atoms with Gasteiger partial charge in [0.2, 0.25) is 17.6 Å². The standard InChI is InChI=1S/C39H48N10O6/c1-39(2,3)55-37(52)41-24-26-6-10-29(11-7-26)35(50)43-32(36(51)42-31-14-12-28(13-15-31)34-44-46-47-45-34)22-25-4-8-27(9-5-25)30-16-17-40-33(23-30)48-18-20-49(21-19-48)38(53)54/h4-5,8-9,12-17,23,26,29,32H,6-7,10-11,18-22,24H2,1-3H3,(H,41,52)(H,42,51)(H,43,50)(H,53,54)(H,44,45,46,47)/t26?,29?,32-/m0/s1. The first-order chi connectivity index (χ1) is 26.4. The number of benzene rings is 2. The first-order valence-corrected chi connectivity index (χ1v) is 18.6. The SMILES string of the molecule is CC(C)(C)OC(=O)NCC1CCC(C(=O)N[C@@H](Cc2ccc(-c3ccnc(N4CCN(C(=O)O)CC4)c3)cc2)C(=O)Nc2ccc(-c3nn[nH]n3)cc2)CC1. The highest BCUT2D eigenvalue weighted by Crippen LogP contribution is 2.29. The van der Waals surface area contributed by atoms with Gasteiger partial charge in [0.05, 0.1) is 0 Å². The van der Waals surface area contributed by atoms with E-state index >= 15 is 0 Å². The molecule has 6 rings (SSSR count). The van der Waals surface area contributed by atoms with Crippen molar-refractivity contribution in [2.24, 2.45) is 11.8 Å². The topological polar surface area (TPSA) is 208 Å². The van der Waals surface area contributed by atoms with Gasteiger partial charge in [0, 0.05) is 62.5 Å². The number of alkyl carbamates (subject to hydrolysis) is 1. The molecular weight excluding hydrogens is 704 g/mol. The van der Waals surface area contributed by atoms with Gasteiger partial charge in [-0.3, -0.25) is 9.59 Å². The molecule has 1 saturated carbocycles. The molecule has 4 amide bonds. The predicted molar refractivity (Wildman–Crippen MR) is 205 cm³/mol. The van der Waals surface area contributed by atoms with Crippen LogP contribution >= 0.6 is 0 Å². The smallest absolute Gasteiger partial charge is 0.407 e. The van der Waals surface area contributed by atoms with Crippen LogP contribution in [0.3, 0.4) is 0 Å². The molecule has 1 saturated heterocycles. The van der Waals surface area contributed by atoms with Crippen LogP contribution in [-0.2, 0) is 20.7 Å². The van der Waals surface area contributed by atoms with Crippen molar-refractivity contribution in [2.45, 2.75) is 64.5 Å². The number of aromatic nitrogens is 5. The van der Waals surface area contributed by atoms with Crippen LogP contribution in [0.1, 0.15) is 52.0 Å². The molecule has 1 atom stereocenters. The van der Waals surface area contributed by atoms with E-state index in [4.69, 9.17) is 4.74 Å². The van der Waals surface area contributed by atoms with Crippen molar-refractivity contribution in [3.05, 3.63) is 72.4 Å². The number of tetrazole rings is 1. The van der Waals surface area contributed by atoms with Gasteiger partial charge in [-0.05, 0) is 111 Å². The first kappa shape index (κ1) is 38.7. The average Bonchev–Trinajstić information content (AvgIpc) is 3.72. The van der Waals surface area contributed by atoms with Crippen LogP contribution in [0.5, 0.6) is 0 Å². The summed E-state index contributed by atoms with van der Waals surface area (Å²) in [6.45, 7) is 7.91. The fourth-order valence-electron chi connectivity index (χ4n) is 6.85. The molecule has 16 heteroatoms. The van der Waals surface area contributed by atoms with E-state index < -0.39 is 23.8 Å². The molecule has 1 aliphatic heterocycles. The number of H-pyrrole nitrogens is 1. The maximum Gasteiger partial charge on any atom is 0.407 e. The van der Waals surface area contributed by atoms with Crippen molar-refractivity contribution >= 4 is 35.5 Å². The number of aromatic amines is 1. The Kier molecular flexibility index (Phi) is 12.2. The molecule has 2 aliphatic rings. The number of pyridine rings is 1. The molecular formula is C39H48N10O6. The Bertz CT molecular complexity index is 1920. The van der Waals surface area contributed by atoms with Gasteiger partial charge in [-0.25, -0.2) is 14.6 Å². The molecule has 290 valence electrons. The number of hydrogen-bond acceptors (Lipinski definition) is 10. The lowest BCUT2D eigenvalue weighted by molar-refractivity contribution is -0.130. The van der Waals surface area contributed by atoms with E-state index in [0.717, 1.165) is 40.9 Å². The Morgan fingerprint density at radius 1 is 0.909 bits per heavy atom. The molecule has 4 aromatic rings. The molecule has 2 aromatic heterocycles. The fourth-order valence-corrected chi connectivity index (χ4v) is 6.85. The zero-order chi connectivity index (χ0) is 39.0. The van der Waals surface area contributed by atoms with Gasteiger partial charge in [0.15, 0.2) is 0 Å². The molecule has 55 heavy (non-hydrogen) atoms. The number of anilines is 2. The van der Waals surface area contributed by atoms with Gasteiger partial charge in [0.25, 0.3) is 0 Å². The minimum Gasteiger partial charge on any atom is -0.465 e. The van der Waals surface area contributed by atoms with Gasteiger partial charge in [-0.15, -0.1) is 10.2 Å². The highest BCUT2D eigenvalue weighted by molar-refractivity contribution is 5.97. The minimum atomic E-state index is -0.912. The Balaban J connectivity index is 1.10. The Hall–Kier alpha value is -6.06. The molecule has 16 nitrogen and oxygen atoms in total. The van der Waals surface area contributed by atoms with Crippen molar-refractivity contribution in [2.75, 3.05) is 42.9 Å². The molecule has 1 aliphatic carbocycles. The van der Waals surface area contributed by atoms with Crippen LogP contribution in [0, 0.1) is 11.8 Å². The highest BCUT2D eigenvalue weighted by Gasteiger charge is 2.30. The average molecular weight is 753 g/mol. The van der Waals surface area contributed by atoms with Crippen LogP contribution in [0.15, 0.2) is 66.9 Å². The number of carboxylic acid groups (broad SMARTS) is 1. The van der Waals surface area contributed by atoms with Crippen molar-refractivity contribution in [1.29, 1.82) is 0 Å². The van der Waals surface area contributed by atoms with Crippen LogP contribution < -0.4 is 20.9 Å². The zero-order valence-electron chi connectivity index (χ0n) is 31.3. The summed E-state index contributed by atoms with van der Waals surface area (Å²) >= 11 is 0. The van der Waals surface area contributed by atoms with Gasteiger partial charge in [-0.1, -0.05) is 24.3 Å². The van der Waals surface area contributed by atoms with Crippen molar-refractivity contribution in [3.8, 4) is 22.5 Å². The highest BCUT2D eigenvalue weighted by atomic mass is 16.6. The summed E-state index contributed by atoms with van der Waals surface area (Å²) < 4.78 is 5.35. The van der Waals surface area contributed by atoms with E-state index in [2.05, 4.69) is 46.5 Å². The number of piperazine rings is 1. The Morgan fingerprint density at radius 2 is 1.60 bits per heavy atom. The number of nitrogens with zero attached hydrogens (tertiary/aromatic N) is 6. The third-order valence-corrected chi connectivity index (χ3v) is 9.89. The van der Waals surface area contributed by atoms with Gasteiger partial charge >= 0.3 is 12.2 Å². The van der Waals surface area contributed by atoms with Crippen molar-refractivity contribution < 1.29 is 29.0 Å². The van der Waals surface area contributed by atoms with E-state index in [1.807, 2.05) is 57.2 Å². The maximum atomic E-state index is 13.8. The van der Waals surface area contributed by atoms with E-state index in [9.17, 15) is 24.3 Å². The third-order valence-electron chi connectivity index (χ3n) is 9.89. The molecule has 0 unspecified atom stereocenters. The normalized spacial score (nSPS) is 17.9. The van der Waals surface area contributed by atoms with Crippen LogP contribution in [-0.4, -0.2) is 104 Å². The lowest BCUT2D eigenvalue weighted by Crippen LogP contribution is -2.48. The number of carbonyl (C=O) groups excluding carboxylic acids is 3. The number of hydrogen-bond donors (Lipinski definition) is 5. The summed E-state index contributed by atoms with van der Waals surface area (Å²) in [6.07, 6.45) is 3.50. The molecule has 0 bridgehead atoms. The van der Waals surface area contributed by atoms with Gasteiger partial charge < -0.3 is 35.6 Å². The fraction of sp³-hybridized carbons (Fsp3) is 0.436. The largest absolute Gasteiger partial charge is 0.465 e. The molecule has 2 fully saturated rings. The van der Waals surface area contributed by atoms with E-state index in [1.54, 1.807) is 30.5 Å². The van der Waals surface area contributed by atoms with Gasteiger partial charge in [-0.2, -0.15) is 5.21 Å². The van der Waals surface area contributed by atoms with Crippen LogP contribution in [0.25, 0.3) is 22.5 Å². The molecule has 0 spiro atoms. The van der Waals surface area contributed by atoms with Gasteiger partial charge in [0.1, 0.15) is 17.5 Å². The maximum absolute atomic E-state index is 13.8. The van der Waals surface area contributed by atoms with Crippen molar-refractivity contribution in [1.82, 2.24) is 41.1 Å². The number of ether oxygens (including phenoxy) is 1. The number of carbonyl (C=O) groups is 4. The Labute approximate surface area is 319 Å². The summed E-state index contributed by atoms with van der Waals surface area (Å²) in [4.78, 5) is 59.0. The summed E-state index contributed by atoms with van der Waals surface area (Å²) in [7, 11) is 0. The summed E-state index contributed by atoms with van der Waals surface area (Å²) in [5, 5.41) is 32.2. The first-order valence-electron chi connectivity index (χ1n) is 18.6. The quantitative estimate of drug-likeness (QED) is 0.142. The van der Waals surface area contributed by atoms with E-state index in [1.165, 1.54) is 4.90 Å². The molecule has 3 heterocycles. The van der Waals surface area contributed by atoms with Crippen LogP contribution in [0.4, 0.5) is 21.1 Å². The number of amides is 4. The summed E-state index contributed by atoms with van der Waals surface area (Å²) in [6, 6.07) is 18.0. The lowest BCUT2D eigenvalue weighted by Gasteiger charge is -2.34. The third kappa shape index (κ3) is 10.8. The second-order valence-electron chi connectivity index (χ2n) is 15.0. The predicted octanol–water partition coefficient (Wildman–Crippen LogP) is 4.73. The van der Waals surface area contributed by atoms with Crippen LogP contribution in [0.2, 0.25) is 0 Å². The number of nitrogens with one attached hydrogen (secondary N) is 4.